The number of nitrogens with one attached hydrogen (secondary N) is 2. The zero-order chi connectivity index (χ0) is 19.1. The molecule has 0 saturated heterocycles. The van der Waals surface area contributed by atoms with E-state index in [1.54, 1.807) is 11.5 Å². The zero-order valence-electron chi connectivity index (χ0n) is 12.6. The first-order valence-electron chi connectivity index (χ1n) is 6.89. The highest BCUT2D eigenvalue weighted by molar-refractivity contribution is 6.45. The molecule has 1 aromatic carbocycles. The summed E-state index contributed by atoms with van der Waals surface area (Å²) in [5.74, 6) is -2.61. The van der Waals surface area contributed by atoms with Crippen molar-refractivity contribution in [3.8, 4) is 5.69 Å². The highest BCUT2D eigenvalue weighted by atomic mass is 35.5. The molecule has 0 bridgehead atoms. The molecule has 2 heterocycles. The number of nitrogens with two attached hydrogens (primary N) is 1. The summed E-state index contributed by atoms with van der Waals surface area (Å²) in [7, 11) is 0. The number of benzene rings is 1. The summed E-state index contributed by atoms with van der Waals surface area (Å²) in [6.45, 7) is 0. The molecule has 3 rings (SSSR count). The van der Waals surface area contributed by atoms with Gasteiger partial charge in [0, 0.05) is 11.6 Å². The topological polar surface area (TPSA) is 101 Å². The third-order valence-corrected chi connectivity index (χ3v) is 4.23. The maximum absolute atomic E-state index is 12.4. The fourth-order valence-corrected chi connectivity index (χ4v) is 2.64. The number of aromatic nitrogens is 3. The SMILES string of the molecule is NC(=NNC(=O)c1cc2c(Cl)c(Cl)ccc2n1-c1cn[nH]c1)C(F)(F)F. The highest BCUT2D eigenvalue weighted by Crippen LogP contribution is 2.34. The predicted octanol–water partition coefficient (Wildman–Crippen LogP) is 3.22. The number of rotatable bonds is 3. The lowest BCUT2D eigenvalue weighted by atomic mass is 10.2. The molecule has 1 amide bonds. The van der Waals surface area contributed by atoms with Gasteiger partial charge in [-0.05, 0) is 18.2 Å². The van der Waals surface area contributed by atoms with E-state index in [9.17, 15) is 18.0 Å². The first-order chi connectivity index (χ1) is 12.2. The van der Waals surface area contributed by atoms with Gasteiger partial charge in [-0.2, -0.15) is 18.3 Å². The van der Waals surface area contributed by atoms with Gasteiger partial charge in [0.1, 0.15) is 5.69 Å². The summed E-state index contributed by atoms with van der Waals surface area (Å²) >= 11 is 12.2. The summed E-state index contributed by atoms with van der Waals surface area (Å²) in [4.78, 5) is 12.4. The van der Waals surface area contributed by atoms with Crippen molar-refractivity contribution in [3.63, 3.8) is 0 Å². The third-order valence-electron chi connectivity index (χ3n) is 3.42. The van der Waals surface area contributed by atoms with Crippen LogP contribution < -0.4 is 11.2 Å². The largest absolute Gasteiger partial charge is 0.450 e. The van der Waals surface area contributed by atoms with Crippen molar-refractivity contribution in [1.82, 2.24) is 20.2 Å². The minimum Gasteiger partial charge on any atom is -0.378 e. The second kappa shape index (κ2) is 6.54. The Morgan fingerprint density at radius 3 is 2.69 bits per heavy atom. The second-order valence-electron chi connectivity index (χ2n) is 5.05. The number of alkyl halides is 3. The van der Waals surface area contributed by atoms with Gasteiger partial charge in [-0.15, -0.1) is 5.10 Å². The number of nitrogens with zero attached hydrogens (tertiary/aromatic N) is 3. The van der Waals surface area contributed by atoms with Crippen LogP contribution in [0.2, 0.25) is 10.0 Å². The minimum atomic E-state index is -4.86. The van der Waals surface area contributed by atoms with E-state index in [2.05, 4.69) is 15.3 Å². The van der Waals surface area contributed by atoms with Crippen LogP contribution >= 0.6 is 23.2 Å². The van der Waals surface area contributed by atoms with E-state index in [-0.39, 0.29) is 15.7 Å². The van der Waals surface area contributed by atoms with Crippen LogP contribution in [-0.2, 0) is 0 Å². The number of carbonyl (C=O) groups excluding carboxylic acids is 1. The molecule has 0 aliphatic heterocycles. The van der Waals surface area contributed by atoms with Crippen LogP contribution in [0.3, 0.4) is 0 Å². The molecule has 26 heavy (non-hydrogen) atoms. The molecule has 0 aliphatic carbocycles. The van der Waals surface area contributed by atoms with Gasteiger partial charge in [0.2, 0.25) is 5.84 Å². The quantitative estimate of drug-likeness (QED) is 0.354. The van der Waals surface area contributed by atoms with Gasteiger partial charge in [0.05, 0.1) is 27.4 Å². The van der Waals surface area contributed by atoms with E-state index in [0.717, 1.165) is 0 Å². The van der Waals surface area contributed by atoms with E-state index in [4.69, 9.17) is 28.9 Å². The molecule has 7 nitrogen and oxygen atoms in total. The highest BCUT2D eigenvalue weighted by Gasteiger charge is 2.34. The lowest BCUT2D eigenvalue weighted by Gasteiger charge is -2.08. The van der Waals surface area contributed by atoms with Gasteiger partial charge in [-0.1, -0.05) is 23.2 Å². The molecule has 12 heteroatoms. The van der Waals surface area contributed by atoms with Crippen molar-refractivity contribution in [3.05, 3.63) is 46.3 Å². The van der Waals surface area contributed by atoms with Crippen molar-refractivity contribution in [1.29, 1.82) is 0 Å². The average Bonchev–Trinajstić information content (AvgIpc) is 3.21. The Bertz CT molecular complexity index is 1010. The molecule has 4 N–H and O–H groups in total. The number of carbonyl (C=O) groups is 1. The molecule has 136 valence electrons. The Labute approximate surface area is 153 Å². The van der Waals surface area contributed by atoms with Gasteiger partial charge < -0.3 is 10.3 Å². The molecule has 2 aromatic heterocycles. The predicted molar refractivity (Wildman–Crippen MR) is 90.6 cm³/mol. The molecule has 0 atom stereocenters. The summed E-state index contributed by atoms with van der Waals surface area (Å²) in [6.07, 6.45) is -1.94. The van der Waals surface area contributed by atoms with Crippen molar-refractivity contribution in [2.45, 2.75) is 6.18 Å². The van der Waals surface area contributed by atoms with E-state index >= 15 is 0 Å². The third kappa shape index (κ3) is 3.20. The maximum atomic E-state index is 12.4. The molecule has 0 fully saturated rings. The van der Waals surface area contributed by atoms with Crippen LogP contribution in [0.15, 0.2) is 35.7 Å². The molecular weight excluding hydrogens is 396 g/mol. The van der Waals surface area contributed by atoms with Gasteiger partial charge in [0.15, 0.2) is 0 Å². The average molecular weight is 405 g/mol. The molecule has 0 aliphatic rings. The molecule has 3 aromatic rings. The van der Waals surface area contributed by atoms with Crippen molar-refractivity contribution in [2.24, 2.45) is 10.8 Å². The number of fused-ring (bicyclic) bond motifs is 1. The van der Waals surface area contributed by atoms with E-state index in [0.29, 0.717) is 16.6 Å². The fraction of sp³-hybridized carbons (Fsp3) is 0.0714. The van der Waals surface area contributed by atoms with Crippen molar-refractivity contribution in [2.75, 3.05) is 0 Å². The molecular formula is C14H9Cl2F3N6O. The normalized spacial score (nSPS) is 12.6. The van der Waals surface area contributed by atoms with Crippen LogP contribution in [0.25, 0.3) is 16.6 Å². The molecule has 0 spiro atoms. The minimum absolute atomic E-state index is 0.0377. The van der Waals surface area contributed by atoms with Gasteiger partial charge >= 0.3 is 6.18 Å². The Morgan fingerprint density at radius 1 is 1.35 bits per heavy atom. The Kier molecular flexibility index (Phi) is 4.55. The van der Waals surface area contributed by atoms with Gasteiger partial charge in [-0.25, -0.2) is 5.43 Å². The number of hydrogen-bond donors (Lipinski definition) is 3. The second-order valence-corrected chi connectivity index (χ2v) is 5.84. The van der Waals surface area contributed by atoms with E-state index < -0.39 is 17.9 Å². The van der Waals surface area contributed by atoms with Crippen LogP contribution in [0.1, 0.15) is 10.5 Å². The number of H-pyrrole nitrogens is 1. The molecule has 0 unspecified atom stereocenters. The van der Waals surface area contributed by atoms with E-state index in [1.807, 2.05) is 0 Å². The summed E-state index contributed by atoms with van der Waals surface area (Å²) in [5, 5.41) is 10.1. The summed E-state index contributed by atoms with van der Waals surface area (Å²) in [6, 6.07) is 4.52. The van der Waals surface area contributed by atoms with Crippen molar-refractivity contribution >= 4 is 45.8 Å². The lowest BCUT2D eigenvalue weighted by Crippen LogP contribution is -2.35. The summed E-state index contributed by atoms with van der Waals surface area (Å²) in [5.41, 5.74) is 7.47. The standard InChI is InChI=1S/C14H9Cl2F3N6O/c15-8-1-2-9-7(11(8)16)3-10(25(9)6-4-21-22-5-6)12(26)23-24-13(20)14(17,18)19/h1-5H,(H2,20,24)(H,21,22)(H,23,26). The lowest BCUT2D eigenvalue weighted by molar-refractivity contribution is -0.0602. The number of aromatic amines is 1. The number of halogens is 5. The molecule has 0 radical (unpaired) electrons. The monoisotopic (exact) mass is 404 g/mol. The van der Waals surface area contributed by atoms with Crippen LogP contribution in [-0.4, -0.2) is 32.7 Å². The van der Waals surface area contributed by atoms with Crippen LogP contribution in [0, 0.1) is 0 Å². The first-order valence-corrected chi connectivity index (χ1v) is 7.65. The maximum Gasteiger partial charge on any atom is 0.450 e. The smallest absolute Gasteiger partial charge is 0.378 e. The zero-order valence-corrected chi connectivity index (χ0v) is 14.1. The Hall–Kier alpha value is -2.72. The van der Waals surface area contributed by atoms with Gasteiger partial charge in [0.25, 0.3) is 5.91 Å². The summed E-state index contributed by atoms with van der Waals surface area (Å²) < 4.78 is 38.7. The fourth-order valence-electron chi connectivity index (χ4n) is 2.26. The Morgan fingerprint density at radius 2 is 2.08 bits per heavy atom. The Balaban J connectivity index is 2.12. The van der Waals surface area contributed by atoms with E-state index in [1.165, 1.54) is 29.1 Å². The molecule has 0 saturated carbocycles. The van der Waals surface area contributed by atoms with Gasteiger partial charge in [-0.3, -0.25) is 9.89 Å². The number of amidine groups is 1. The number of amides is 1. The van der Waals surface area contributed by atoms with Crippen molar-refractivity contribution < 1.29 is 18.0 Å². The van der Waals surface area contributed by atoms with Crippen LogP contribution in [0.5, 0.6) is 0 Å². The first kappa shape index (κ1) is 18.1. The number of hydrazone groups is 1. The van der Waals surface area contributed by atoms with Crippen LogP contribution in [0.4, 0.5) is 13.2 Å². The number of hydrogen-bond acceptors (Lipinski definition) is 3.